The second-order valence-electron chi connectivity index (χ2n) is 3.66. The lowest BCUT2D eigenvalue weighted by molar-refractivity contribution is -0.121. The summed E-state index contributed by atoms with van der Waals surface area (Å²) in [6, 6.07) is 0. The first-order valence-corrected chi connectivity index (χ1v) is 5.78. The molecule has 0 heterocycles. The number of carbonyl (C=O) groups excluding carboxylic acids is 1. The van der Waals surface area contributed by atoms with Crippen molar-refractivity contribution in [3.63, 3.8) is 0 Å². The summed E-state index contributed by atoms with van der Waals surface area (Å²) in [5.41, 5.74) is 5.38. The number of rotatable bonds is 9. The Bertz CT molecular complexity index is 143. The molecule has 0 rings (SSSR count). The molecule has 0 aliphatic heterocycles. The van der Waals surface area contributed by atoms with E-state index in [1.54, 1.807) is 0 Å². The van der Waals surface area contributed by atoms with Crippen LogP contribution in [0.2, 0.25) is 0 Å². The summed E-state index contributed by atoms with van der Waals surface area (Å²) in [5, 5.41) is 2.92. The third kappa shape index (κ3) is 13.7. The van der Waals surface area contributed by atoms with Gasteiger partial charge in [0.25, 0.3) is 0 Å². The van der Waals surface area contributed by atoms with Crippen LogP contribution >= 0.6 is 12.4 Å². The van der Waals surface area contributed by atoms with E-state index in [0.717, 1.165) is 38.8 Å². The van der Waals surface area contributed by atoms with Gasteiger partial charge in [-0.25, -0.2) is 0 Å². The fraction of sp³-hybridized carbons (Fsp3) is 0.909. The Morgan fingerprint density at radius 2 is 1.80 bits per heavy atom. The molecule has 0 radical (unpaired) electrons. The highest BCUT2D eigenvalue weighted by Crippen LogP contribution is 1.98. The molecule has 3 nitrogen and oxygen atoms in total. The molecule has 0 fully saturated rings. The lowest BCUT2D eigenvalue weighted by atomic mass is 10.2. The largest absolute Gasteiger partial charge is 0.356 e. The summed E-state index contributed by atoms with van der Waals surface area (Å²) >= 11 is 0. The van der Waals surface area contributed by atoms with Gasteiger partial charge in [-0.15, -0.1) is 12.4 Å². The molecule has 0 bridgehead atoms. The second-order valence-corrected chi connectivity index (χ2v) is 3.66. The first-order chi connectivity index (χ1) is 6.81. The maximum Gasteiger partial charge on any atom is 0.219 e. The number of halogens is 1. The van der Waals surface area contributed by atoms with Crippen LogP contribution in [0.1, 0.15) is 51.9 Å². The SMILES string of the molecule is CCCCC(=O)NCCCCCCN.Cl. The number of amides is 1. The molecule has 4 heteroatoms. The highest BCUT2D eigenvalue weighted by atomic mass is 35.5. The van der Waals surface area contributed by atoms with Crippen LogP contribution in [0, 0.1) is 0 Å². The van der Waals surface area contributed by atoms with Crippen LogP contribution in [0.3, 0.4) is 0 Å². The van der Waals surface area contributed by atoms with E-state index in [9.17, 15) is 4.79 Å². The monoisotopic (exact) mass is 236 g/mol. The molecule has 0 aliphatic carbocycles. The molecular formula is C11H25ClN2O. The fourth-order valence-corrected chi connectivity index (χ4v) is 1.28. The van der Waals surface area contributed by atoms with E-state index in [2.05, 4.69) is 12.2 Å². The summed E-state index contributed by atoms with van der Waals surface area (Å²) in [6.07, 6.45) is 7.30. The van der Waals surface area contributed by atoms with Gasteiger partial charge in [0, 0.05) is 13.0 Å². The molecule has 3 N–H and O–H groups in total. The maximum absolute atomic E-state index is 11.2. The quantitative estimate of drug-likeness (QED) is 0.604. The van der Waals surface area contributed by atoms with Gasteiger partial charge in [-0.3, -0.25) is 4.79 Å². The van der Waals surface area contributed by atoms with E-state index in [-0.39, 0.29) is 18.3 Å². The molecule has 0 aromatic carbocycles. The van der Waals surface area contributed by atoms with Gasteiger partial charge >= 0.3 is 0 Å². The number of hydrogen-bond donors (Lipinski definition) is 2. The molecule has 0 saturated heterocycles. The van der Waals surface area contributed by atoms with Gasteiger partial charge in [-0.2, -0.15) is 0 Å². The van der Waals surface area contributed by atoms with Crippen molar-refractivity contribution in [1.82, 2.24) is 5.32 Å². The molecule has 0 aromatic rings. The van der Waals surface area contributed by atoms with Crippen LogP contribution in [-0.2, 0) is 4.79 Å². The minimum atomic E-state index is 0. The topological polar surface area (TPSA) is 55.1 Å². The Morgan fingerprint density at radius 1 is 1.13 bits per heavy atom. The predicted octanol–water partition coefficient (Wildman–Crippen LogP) is 2.23. The number of carbonyl (C=O) groups is 1. The smallest absolute Gasteiger partial charge is 0.219 e. The lowest BCUT2D eigenvalue weighted by Gasteiger charge is -2.04. The highest BCUT2D eigenvalue weighted by Gasteiger charge is 1.98. The Morgan fingerprint density at radius 3 is 2.40 bits per heavy atom. The molecule has 1 amide bonds. The van der Waals surface area contributed by atoms with E-state index in [1.807, 2.05) is 0 Å². The standard InChI is InChI=1S/C11H24N2O.ClH/c1-2-3-8-11(14)13-10-7-5-4-6-9-12;/h2-10,12H2,1H3,(H,13,14);1H. The number of nitrogens with two attached hydrogens (primary N) is 1. The average Bonchev–Trinajstić information content (AvgIpc) is 2.20. The van der Waals surface area contributed by atoms with Gasteiger partial charge in [0.15, 0.2) is 0 Å². The van der Waals surface area contributed by atoms with E-state index < -0.39 is 0 Å². The van der Waals surface area contributed by atoms with E-state index >= 15 is 0 Å². The van der Waals surface area contributed by atoms with Crippen LogP contribution in [0.4, 0.5) is 0 Å². The van der Waals surface area contributed by atoms with Crippen molar-refractivity contribution >= 4 is 18.3 Å². The van der Waals surface area contributed by atoms with E-state index in [1.165, 1.54) is 12.8 Å². The van der Waals surface area contributed by atoms with Crippen LogP contribution in [0.5, 0.6) is 0 Å². The Hall–Kier alpha value is -0.280. The van der Waals surface area contributed by atoms with Gasteiger partial charge in [-0.05, 0) is 25.8 Å². The third-order valence-corrected chi connectivity index (χ3v) is 2.21. The predicted molar refractivity (Wildman–Crippen MR) is 67.3 cm³/mol. The maximum atomic E-state index is 11.2. The molecule has 92 valence electrons. The van der Waals surface area contributed by atoms with Gasteiger partial charge in [0.05, 0.1) is 0 Å². The van der Waals surface area contributed by atoms with Gasteiger partial charge < -0.3 is 11.1 Å². The molecule has 0 atom stereocenters. The van der Waals surface area contributed by atoms with Crippen molar-refractivity contribution in [2.75, 3.05) is 13.1 Å². The molecule has 0 aromatic heterocycles. The van der Waals surface area contributed by atoms with E-state index in [4.69, 9.17) is 5.73 Å². The first-order valence-electron chi connectivity index (χ1n) is 5.78. The van der Waals surface area contributed by atoms with Crippen molar-refractivity contribution < 1.29 is 4.79 Å². The minimum Gasteiger partial charge on any atom is -0.356 e. The fourth-order valence-electron chi connectivity index (χ4n) is 1.28. The van der Waals surface area contributed by atoms with Crippen molar-refractivity contribution in [1.29, 1.82) is 0 Å². The van der Waals surface area contributed by atoms with Gasteiger partial charge in [0.1, 0.15) is 0 Å². The van der Waals surface area contributed by atoms with Crippen LogP contribution in [-0.4, -0.2) is 19.0 Å². The summed E-state index contributed by atoms with van der Waals surface area (Å²) in [5.74, 6) is 0.200. The highest BCUT2D eigenvalue weighted by molar-refractivity contribution is 5.85. The second kappa shape index (κ2) is 13.7. The van der Waals surface area contributed by atoms with Crippen molar-refractivity contribution in [3.05, 3.63) is 0 Å². The number of nitrogens with one attached hydrogen (secondary N) is 1. The van der Waals surface area contributed by atoms with E-state index in [0.29, 0.717) is 6.42 Å². The number of unbranched alkanes of at least 4 members (excludes halogenated alkanes) is 4. The zero-order valence-electron chi connectivity index (χ0n) is 9.76. The van der Waals surface area contributed by atoms with Crippen molar-refractivity contribution in [2.45, 2.75) is 51.9 Å². The van der Waals surface area contributed by atoms with Gasteiger partial charge in [0.2, 0.25) is 5.91 Å². The summed E-state index contributed by atoms with van der Waals surface area (Å²) < 4.78 is 0. The molecule has 0 unspecified atom stereocenters. The molecule has 15 heavy (non-hydrogen) atoms. The summed E-state index contributed by atoms with van der Waals surface area (Å²) in [6.45, 7) is 3.70. The Kier molecular flexibility index (Phi) is 15.7. The van der Waals surface area contributed by atoms with Crippen LogP contribution in [0.15, 0.2) is 0 Å². The zero-order chi connectivity index (χ0) is 10.6. The van der Waals surface area contributed by atoms with Gasteiger partial charge in [-0.1, -0.05) is 26.2 Å². The average molecular weight is 237 g/mol. The van der Waals surface area contributed by atoms with Crippen molar-refractivity contribution in [3.8, 4) is 0 Å². The Balaban J connectivity index is 0. The number of hydrogen-bond acceptors (Lipinski definition) is 2. The molecule has 0 saturated carbocycles. The lowest BCUT2D eigenvalue weighted by Crippen LogP contribution is -2.23. The Labute approximate surface area is 99.6 Å². The minimum absolute atomic E-state index is 0. The normalized spacial score (nSPS) is 9.47. The third-order valence-electron chi connectivity index (χ3n) is 2.21. The molecule has 0 aliphatic rings. The molecule has 0 spiro atoms. The summed E-state index contributed by atoms with van der Waals surface area (Å²) in [7, 11) is 0. The zero-order valence-corrected chi connectivity index (χ0v) is 10.6. The summed E-state index contributed by atoms with van der Waals surface area (Å²) in [4.78, 5) is 11.2. The van der Waals surface area contributed by atoms with Crippen LogP contribution in [0.25, 0.3) is 0 Å². The first kappa shape index (κ1) is 17.1. The molecular weight excluding hydrogens is 212 g/mol. The van der Waals surface area contributed by atoms with Crippen molar-refractivity contribution in [2.24, 2.45) is 5.73 Å². The van der Waals surface area contributed by atoms with Crippen LogP contribution < -0.4 is 11.1 Å².